The third-order valence-electron chi connectivity index (χ3n) is 3.69. The highest BCUT2D eigenvalue weighted by atomic mass is 32.2. The zero-order valence-electron chi connectivity index (χ0n) is 12.4. The van der Waals surface area contributed by atoms with E-state index in [0.29, 0.717) is 11.4 Å². The molecular formula is C14H21N3O3S. The van der Waals surface area contributed by atoms with E-state index in [4.69, 9.17) is 5.73 Å². The zero-order valence-corrected chi connectivity index (χ0v) is 13.2. The van der Waals surface area contributed by atoms with Crippen LogP contribution in [0.2, 0.25) is 0 Å². The molecule has 1 saturated heterocycles. The first-order valence-electron chi connectivity index (χ1n) is 6.83. The van der Waals surface area contributed by atoms with Crippen molar-refractivity contribution >= 4 is 21.4 Å². The molecule has 7 heteroatoms. The first-order chi connectivity index (χ1) is 9.77. The molecule has 1 aliphatic rings. The van der Waals surface area contributed by atoms with Crippen LogP contribution in [0.15, 0.2) is 23.1 Å². The van der Waals surface area contributed by atoms with E-state index in [1.807, 2.05) is 17.9 Å². The Kier molecular flexibility index (Phi) is 4.53. The van der Waals surface area contributed by atoms with Gasteiger partial charge in [-0.3, -0.25) is 9.69 Å². The van der Waals surface area contributed by atoms with Crippen molar-refractivity contribution in [3.8, 4) is 0 Å². The van der Waals surface area contributed by atoms with Crippen molar-refractivity contribution in [2.75, 3.05) is 43.9 Å². The van der Waals surface area contributed by atoms with Gasteiger partial charge < -0.3 is 10.6 Å². The first kappa shape index (κ1) is 15.8. The maximum absolute atomic E-state index is 11.6. The molecule has 0 saturated carbocycles. The average molecular weight is 311 g/mol. The van der Waals surface area contributed by atoms with Crippen molar-refractivity contribution in [1.82, 2.24) is 4.90 Å². The van der Waals surface area contributed by atoms with Gasteiger partial charge in [-0.1, -0.05) is 0 Å². The van der Waals surface area contributed by atoms with Crippen molar-refractivity contribution in [2.45, 2.75) is 11.8 Å². The number of anilines is 1. The summed E-state index contributed by atoms with van der Waals surface area (Å²) in [6, 6.07) is 5.21. The summed E-state index contributed by atoms with van der Waals surface area (Å²) in [5.74, 6) is -0.308. The molecule has 1 fully saturated rings. The predicted molar refractivity (Wildman–Crippen MR) is 82.1 cm³/mol. The summed E-state index contributed by atoms with van der Waals surface area (Å²) in [4.78, 5) is 15.5. The van der Waals surface area contributed by atoms with Gasteiger partial charge in [-0.15, -0.1) is 0 Å². The minimum absolute atomic E-state index is 0.292. The standard InChI is InChI=1S/C14H21N3O3S/c1-11-9-12(21(2,19)20)3-4-13(11)17-7-5-16(6-8-17)10-14(15)18/h3-4,9H,5-8,10H2,1-2H3,(H2,15,18). The molecule has 0 aromatic heterocycles. The highest BCUT2D eigenvalue weighted by molar-refractivity contribution is 7.90. The maximum Gasteiger partial charge on any atom is 0.231 e. The van der Waals surface area contributed by atoms with Crippen LogP contribution in [0.25, 0.3) is 0 Å². The number of primary amides is 1. The van der Waals surface area contributed by atoms with Gasteiger partial charge >= 0.3 is 0 Å². The molecule has 1 aromatic carbocycles. The SMILES string of the molecule is Cc1cc(S(C)(=O)=O)ccc1N1CCN(CC(N)=O)CC1. The lowest BCUT2D eigenvalue weighted by Crippen LogP contribution is -2.49. The number of aryl methyl sites for hydroxylation is 1. The Hall–Kier alpha value is -1.60. The number of rotatable bonds is 4. The van der Waals surface area contributed by atoms with Crippen LogP contribution in [0.1, 0.15) is 5.56 Å². The Morgan fingerprint density at radius 2 is 1.86 bits per heavy atom. The number of sulfone groups is 1. The third-order valence-corrected chi connectivity index (χ3v) is 4.80. The van der Waals surface area contributed by atoms with Crippen molar-refractivity contribution in [3.05, 3.63) is 23.8 Å². The van der Waals surface area contributed by atoms with Gasteiger partial charge in [-0.05, 0) is 30.7 Å². The molecule has 1 amide bonds. The second kappa shape index (κ2) is 6.03. The zero-order chi connectivity index (χ0) is 15.6. The monoisotopic (exact) mass is 311 g/mol. The summed E-state index contributed by atoms with van der Waals surface area (Å²) >= 11 is 0. The van der Waals surface area contributed by atoms with Crippen molar-refractivity contribution in [1.29, 1.82) is 0 Å². The van der Waals surface area contributed by atoms with Crippen molar-refractivity contribution < 1.29 is 13.2 Å². The quantitative estimate of drug-likeness (QED) is 0.846. The van der Waals surface area contributed by atoms with Gasteiger partial charge in [0.1, 0.15) is 0 Å². The van der Waals surface area contributed by atoms with Crippen molar-refractivity contribution in [2.24, 2.45) is 5.73 Å². The molecule has 0 unspecified atom stereocenters. The Bertz CT molecular complexity index is 635. The fraction of sp³-hybridized carbons (Fsp3) is 0.500. The van der Waals surface area contributed by atoms with Gasteiger partial charge in [-0.2, -0.15) is 0 Å². The molecular weight excluding hydrogens is 290 g/mol. The minimum Gasteiger partial charge on any atom is -0.369 e. The number of piperazine rings is 1. The van der Waals surface area contributed by atoms with Gasteiger partial charge in [0.25, 0.3) is 0 Å². The number of carbonyl (C=O) groups is 1. The topological polar surface area (TPSA) is 83.7 Å². The summed E-state index contributed by atoms with van der Waals surface area (Å²) in [7, 11) is -3.17. The van der Waals surface area contributed by atoms with E-state index in [9.17, 15) is 13.2 Å². The molecule has 2 N–H and O–H groups in total. The number of hydrogen-bond donors (Lipinski definition) is 1. The number of nitrogens with two attached hydrogens (primary N) is 1. The van der Waals surface area contributed by atoms with Crippen LogP contribution in [-0.4, -0.2) is 58.2 Å². The van der Waals surface area contributed by atoms with Crippen LogP contribution < -0.4 is 10.6 Å². The molecule has 0 radical (unpaired) electrons. The molecule has 6 nitrogen and oxygen atoms in total. The summed E-state index contributed by atoms with van der Waals surface area (Å²) in [6.45, 7) is 5.35. The second-order valence-electron chi connectivity index (χ2n) is 5.45. The highest BCUT2D eigenvalue weighted by Crippen LogP contribution is 2.24. The Morgan fingerprint density at radius 3 is 2.33 bits per heavy atom. The normalized spacial score (nSPS) is 17.0. The van der Waals surface area contributed by atoms with Gasteiger partial charge in [0.05, 0.1) is 11.4 Å². The molecule has 1 aromatic rings. The van der Waals surface area contributed by atoms with E-state index in [1.165, 1.54) is 6.26 Å². The number of benzene rings is 1. The second-order valence-corrected chi connectivity index (χ2v) is 7.47. The van der Waals surface area contributed by atoms with Crippen molar-refractivity contribution in [3.63, 3.8) is 0 Å². The van der Waals surface area contributed by atoms with Crippen LogP contribution in [0.5, 0.6) is 0 Å². The number of carbonyl (C=O) groups excluding carboxylic acids is 1. The third kappa shape index (κ3) is 3.95. The number of hydrogen-bond acceptors (Lipinski definition) is 5. The van der Waals surface area contributed by atoms with E-state index in [1.54, 1.807) is 12.1 Å². The van der Waals surface area contributed by atoms with E-state index in [0.717, 1.165) is 37.4 Å². The fourth-order valence-electron chi connectivity index (χ4n) is 2.58. The van der Waals surface area contributed by atoms with Gasteiger partial charge in [0, 0.05) is 38.1 Å². The van der Waals surface area contributed by atoms with Crippen LogP contribution in [-0.2, 0) is 14.6 Å². The lowest BCUT2D eigenvalue weighted by atomic mass is 10.1. The van der Waals surface area contributed by atoms with E-state index in [2.05, 4.69) is 4.90 Å². The first-order valence-corrected chi connectivity index (χ1v) is 8.73. The summed E-state index contributed by atoms with van der Waals surface area (Å²) in [5, 5.41) is 0. The van der Waals surface area contributed by atoms with Gasteiger partial charge in [0.15, 0.2) is 9.84 Å². The van der Waals surface area contributed by atoms with Crippen LogP contribution in [0.3, 0.4) is 0 Å². The maximum atomic E-state index is 11.6. The highest BCUT2D eigenvalue weighted by Gasteiger charge is 2.20. The summed E-state index contributed by atoms with van der Waals surface area (Å²) in [5.41, 5.74) is 7.19. The molecule has 2 rings (SSSR count). The van der Waals surface area contributed by atoms with Crippen LogP contribution in [0, 0.1) is 6.92 Å². The largest absolute Gasteiger partial charge is 0.369 e. The van der Waals surface area contributed by atoms with Gasteiger partial charge in [-0.25, -0.2) is 8.42 Å². The number of amides is 1. The molecule has 0 bridgehead atoms. The molecule has 116 valence electrons. The molecule has 0 atom stereocenters. The van der Waals surface area contributed by atoms with Crippen LogP contribution in [0.4, 0.5) is 5.69 Å². The molecule has 0 aliphatic carbocycles. The van der Waals surface area contributed by atoms with Crippen LogP contribution >= 0.6 is 0 Å². The molecule has 21 heavy (non-hydrogen) atoms. The molecule has 1 heterocycles. The molecule has 0 spiro atoms. The molecule has 1 aliphatic heterocycles. The van der Waals surface area contributed by atoms with E-state index in [-0.39, 0.29) is 5.91 Å². The lowest BCUT2D eigenvalue weighted by molar-refractivity contribution is -0.119. The Morgan fingerprint density at radius 1 is 1.24 bits per heavy atom. The summed E-state index contributed by atoms with van der Waals surface area (Å²) in [6.07, 6.45) is 1.21. The smallest absolute Gasteiger partial charge is 0.231 e. The lowest BCUT2D eigenvalue weighted by Gasteiger charge is -2.36. The Balaban J connectivity index is 2.09. The van der Waals surface area contributed by atoms with E-state index < -0.39 is 9.84 Å². The Labute approximate surface area is 125 Å². The number of nitrogens with zero attached hydrogens (tertiary/aromatic N) is 2. The van der Waals surface area contributed by atoms with E-state index >= 15 is 0 Å². The predicted octanol–water partition coefficient (Wildman–Crippen LogP) is 0.00582. The average Bonchev–Trinajstić information content (AvgIpc) is 2.38. The summed E-state index contributed by atoms with van der Waals surface area (Å²) < 4.78 is 23.1. The minimum atomic E-state index is -3.17. The fourth-order valence-corrected chi connectivity index (χ4v) is 3.29. The van der Waals surface area contributed by atoms with Gasteiger partial charge in [0.2, 0.25) is 5.91 Å².